The fourth-order valence-electron chi connectivity index (χ4n) is 4.06. The quantitative estimate of drug-likeness (QED) is 0.317. The van der Waals surface area contributed by atoms with Crippen molar-refractivity contribution in [1.29, 1.82) is 0 Å². The molecule has 1 fully saturated rings. The van der Waals surface area contributed by atoms with E-state index in [0.29, 0.717) is 5.92 Å². The summed E-state index contributed by atoms with van der Waals surface area (Å²) in [5.41, 5.74) is 6.00. The van der Waals surface area contributed by atoms with Gasteiger partial charge in [-0.1, -0.05) is 63.4 Å². The van der Waals surface area contributed by atoms with Gasteiger partial charge in [0, 0.05) is 19.6 Å². The fraction of sp³-hybridized carbons (Fsp3) is 0.652. The summed E-state index contributed by atoms with van der Waals surface area (Å²) in [7, 11) is 2.26. The Balaban J connectivity index is 1.71. The second-order valence-corrected chi connectivity index (χ2v) is 8.32. The Labute approximate surface area is 157 Å². The van der Waals surface area contributed by atoms with Gasteiger partial charge in [-0.15, -0.1) is 0 Å². The van der Waals surface area contributed by atoms with Crippen LogP contribution in [0.2, 0.25) is 6.32 Å². The van der Waals surface area contributed by atoms with E-state index in [0.717, 1.165) is 5.92 Å². The van der Waals surface area contributed by atoms with Crippen molar-refractivity contribution in [3.63, 3.8) is 0 Å². The van der Waals surface area contributed by atoms with Crippen LogP contribution < -0.4 is 0 Å². The maximum Gasteiger partial charge on any atom is 0.101 e. The number of unbranched alkanes of at least 4 members (excludes halogenated alkanes) is 2. The summed E-state index contributed by atoms with van der Waals surface area (Å²) in [5, 5.41) is 0. The van der Waals surface area contributed by atoms with E-state index in [2.05, 4.69) is 58.3 Å². The van der Waals surface area contributed by atoms with E-state index in [-0.39, 0.29) is 0 Å². The summed E-state index contributed by atoms with van der Waals surface area (Å²) in [4.78, 5) is 2.63. The van der Waals surface area contributed by atoms with E-state index in [4.69, 9.17) is 0 Å². The molecule has 1 heterocycles. The zero-order valence-electron chi connectivity index (χ0n) is 17.1. The van der Waals surface area contributed by atoms with Crippen LogP contribution in [-0.2, 0) is 12.8 Å². The minimum atomic E-state index is 0.646. The Morgan fingerprint density at radius 2 is 2.08 bits per heavy atom. The normalized spacial score (nSPS) is 16.6. The molecule has 25 heavy (non-hydrogen) atoms. The molecule has 1 aromatic carbocycles. The summed E-state index contributed by atoms with van der Waals surface area (Å²) in [6, 6.07) is 7.11. The monoisotopic (exact) mass is 339 g/mol. The maximum atomic E-state index is 4.33. The van der Waals surface area contributed by atoms with Crippen LogP contribution in [0.25, 0.3) is 0 Å². The lowest BCUT2D eigenvalue weighted by atomic mass is 9.87. The molecule has 1 unspecified atom stereocenters. The molecule has 1 atom stereocenters. The first-order valence-corrected chi connectivity index (χ1v) is 10.5. The third-order valence-corrected chi connectivity index (χ3v) is 5.82. The lowest BCUT2D eigenvalue weighted by Gasteiger charge is -2.41. The van der Waals surface area contributed by atoms with Crippen LogP contribution in [0.4, 0.5) is 0 Å². The average Bonchev–Trinajstić information content (AvgIpc) is 2.55. The molecule has 0 bridgehead atoms. The van der Waals surface area contributed by atoms with Crippen molar-refractivity contribution in [3.05, 3.63) is 47.0 Å². The average molecular weight is 339 g/mol. The highest BCUT2D eigenvalue weighted by molar-refractivity contribution is 6.08. The SMILES string of the molecule is BCCc1ccc(CC2CN(CC(C)C(=C)CCCCC)C2)c(C)c1. The van der Waals surface area contributed by atoms with E-state index < -0.39 is 0 Å². The van der Waals surface area contributed by atoms with Crippen LogP contribution >= 0.6 is 0 Å². The molecule has 1 saturated heterocycles. The molecular formula is C23H38BN. The van der Waals surface area contributed by atoms with Crippen molar-refractivity contribution in [2.24, 2.45) is 11.8 Å². The van der Waals surface area contributed by atoms with Gasteiger partial charge in [0.15, 0.2) is 0 Å². The highest BCUT2D eigenvalue weighted by Gasteiger charge is 2.28. The number of likely N-dealkylation sites (tertiary alicyclic amines) is 1. The smallest absolute Gasteiger partial charge is 0.101 e. The number of aryl methyl sites for hydroxylation is 2. The lowest BCUT2D eigenvalue weighted by molar-refractivity contribution is 0.0891. The molecular weight excluding hydrogens is 301 g/mol. The fourth-order valence-corrected chi connectivity index (χ4v) is 4.06. The third-order valence-electron chi connectivity index (χ3n) is 5.82. The van der Waals surface area contributed by atoms with Crippen molar-refractivity contribution >= 4 is 7.85 Å². The minimum absolute atomic E-state index is 0.646. The van der Waals surface area contributed by atoms with Crippen LogP contribution in [0.5, 0.6) is 0 Å². The number of hydrogen-bond donors (Lipinski definition) is 0. The molecule has 0 aromatic heterocycles. The number of nitrogens with zero attached hydrogens (tertiary/aromatic N) is 1. The number of hydrogen-bond acceptors (Lipinski definition) is 1. The molecule has 0 radical (unpaired) electrons. The van der Waals surface area contributed by atoms with Crippen LogP contribution in [0.15, 0.2) is 30.4 Å². The topological polar surface area (TPSA) is 3.24 Å². The lowest BCUT2D eigenvalue weighted by Crippen LogP contribution is -2.49. The number of benzene rings is 1. The summed E-state index contributed by atoms with van der Waals surface area (Å²) in [6.45, 7) is 15.0. The zero-order chi connectivity index (χ0) is 18.2. The second kappa shape index (κ2) is 10.2. The minimum Gasteiger partial charge on any atom is -0.302 e. The summed E-state index contributed by atoms with van der Waals surface area (Å²) < 4.78 is 0. The first kappa shape index (κ1) is 20.3. The van der Waals surface area contributed by atoms with Gasteiger partial charge in [0.2, 0.25) is 0 Å². The van der Waals surface area contributed by atoms with Crippen molar-refractivity contribution in [2.75, 3.05) is 19.6 Å². The van der Waals surface area contributed by atoms with Crippen molar-refractivity contribution in [1.82, 2.24) is 4.90 Å². The van der Waals surface area contributed by atoms with Crippen LogP contribution in [0.1, 0.15) is 56.2 Å². The molecule has 138 valence electrons. The van der Waals surface area contributed by atoms with Gasteiger partial charge in [-0.2, -0.15) is 0 Å². The molecule has 1 aromatic rings. The van der Waals surface area contributed by atoms with Gasteiger partial charge < -0.3 is 4.90 Å². The van der Waals surface area contributed by atoms with Gasteiger partial charge in [0.1, 0.15) is 7.85 Å². The predicted molar refractivity (Wildman–Crippen MR) is 114 cm³/mol. The summed E-state index contributed by atoms with van der Waals surface area (Å²) in [5.74, 6) is 1.49. The summed E-state index contributed by atoms with van der Waals surface area (Å²) in [6.07, 6.45) is 8.87. The van der Waals surface area contributed by atoms with Gasteiger partial charge in [0.25, 0.3) is 0 Å². The van der Waals surface area contributed by atoms with Gasteiger partial charge in [-0.05, 0) is 61.1 Å². The Kier molecular flexibility index (Phi) is 8.29. The molecule has 2 heteroatoms. The molecule has 0 spiro atoms. The van der Waals surface area contributed by atoms with Crippen LogP contribution in [0, 0.1) is 18.8 Å². The molecule has 1 nitrogen and oxygen atoms in total. The molecule has 0 saturated carbocycles. The zero-order valence-corrected chi connectivity index (χ0v) is 17.1. The second-order valence-electron chi connectivity index (χ2n) is 8.32. The van der Waals surface area contributed by atoms with E-state index in [1.807, 2.05) is 0 Å². The van der Waals surface area contributed by atoms with Crippen LogP contribution in [-0.4, -0.2) is 32.4 Å². The van der Waals surface area contributed by atoms with E-state index >= 15 is 0 Å². The van der Waals surface area contributed by atoms with Gasteiger partial charge in [-0.3, -0.25) is 0 Å². The number of rotatable bonds is 11. The molecule has 0 N–H and O–H groups in total. The molecule has 1 aliphatic heterocycles. The Morgan fingerprint density at radius 1 is 1.32 bits per heavy atom. The highest BCUT2D eigenvalue weighted by Crippen LogP contribution is 2.26. The molecule has 0 aliphatic carbocycles. The Morgan fingerprint density at radius 3 is 2.72 bits per heavy atom. The summed E-state index contributed by atoms with van der Waals surface area (Å²) >= 11 is 0. The van der Waals surface area contributed by atoms with Gasteiger partial charge in [-0.25, -0.2) is 0 Å². The molecule has 2 rings (SSSR count). The third kappa shape index (κ3) is 6.33. The van der Waals surface area contributed by atoms with Crippen molar-refractivity contribution in [3.8, 4) is 0 Å². The van der Waals surface area contributed by atoms with E-state index in [1.54, 1.807) is 5.56 Å². The Bertz CT molecular complexity index is 545. The van der Waals surface area contributed by atoms with Crippen molar-refractivity contribution in [2.45, 2.75) is 65.6 Å². The highest BCUT2D eigenvalue weighted by atomic mass is 15.2. The van der Waals surface area contributed by atoms with Gasteiger partial charge in [0.05, 0.1) is 0 Å². The largest absolute Gasteiger partial charge is 0.302 e. The standard InChI is InChI=1S/C23H38BN/c1-5-6-7-8-18(2)20(4)15-25-16-22(17-25)14-23-10-9-21(11-12-24)13-19(23)3/h9-10,13,20,22H,2,5-8,11-12,14-17,24H2,1,3-4H3. The molecule has 1 aliphatic rings. The van der Waals surface area contributed by atoms with E-state index in [1.165, 1.54) is 81.2 Å². The Hall–Kier alpha value is -1.02. The maximum absolute atomic E-state index is 4.33. The van der Waals surface area contributed by atoms with Crippen molar-refractivity contribution < 1.29 is 0 Å². The van der Waals surface area contributed by atoms with E-state index in [9.17, 15) is 0 Å². The first-order valence-electron chi connectivity index (χ1n) is 10.5. The first-order chi connectivity index (χ1) is 12.0. The van der Waals surface area contributed by atoms with Gasteiger partial charge >= 0.3 is 0 Å². The van der Waals surface area contributed by atoms with Crippen LogP contribution in [0.3, 0.4) is 0 Å². The predicted octanol–water partition coefficient (Wildman–Crippen LogP) is 4.84. The molecule has 0 amide bonds.